The summed E-state index contributed by atoms with van der Waals surface area (Å²) in [7, 11) is -1.12. The molecule has 1 N–H and O–H groups in total. The summed E-state index contributed by atoms with van der Waals surface area (Å²) in [5, 5.41) is 19.3. The SMILES string of the molecule is C[Si](C)(C)CCOCn1ccc2c(-c3cn(C(CC#N)C4CCCC4)nc3NC3CCC3)ncnc21. The molecule has 0 spiro atoms. The van der Waals surface area contributed by atoms with Crippen LogP contribution in [0.1, 0.15) is 57.4 Å². The van der Waals surface area contributed by atoms with Crippen LogP contribution in [-0.2, 0) is 11.5 Å². The lowest BCUT2D eigenvalue weighted by Crippen LogP contribution is -2.27. The van der Waals surface area contributed by atoms with Crippen molar-refractivity contribution in [3.05, 3.63) is 24.8 Å². The highest BCUT2D eigenvalue weighted by atomic mass is 28.3. The van der Waals surface area contributed by atoms with Crippen molar-refractivity contribution in [1.82, 2.24) is 24.3 Å². The Kier molecular flexibility index (Phi) is 7.44. The molecule has 0 saturated heterocycles. The molecule has 0 amide bonds. The van der Waals surface area contributed by atoms with Crippen molar-refractivity contribution in [3.8, 4) is 17.3 Å². The molecule has 2 aliphatic carbocycles. The second kappa shape index (κ2) is 10.7. The van der Waals surface area contributed by atoms with Gasteiger partial charge in [-0.1, -0.05) is 32.5 Å². The molecular weight excluding hydrogens is 466 g/mol. The Morgan fingerprint density at radius 2 is 1.97 bits per heavy atom. The first kappa shape index (κ1) is 25.0. The van der Waals surface area contributed by atoms with E-state index in [4.69, 9.17) is 14.8 Å². The highest BCUT2D eigenvalue weighted by Crippen LogP contribution is 2.39. The number of rotatable bonds is 11. The number of fused-ring (bicyclic) bond motifs is 1. The average Bonchev–Trinajstić information content (AvgIpc) is 3.57. The van der Waals surface area contributed by atoms with E-state index in [1.807, 2.05) is 6.20 Å². The summed E-state index contributed by atoms with van der Waals surface area (Å²) in [6.07, 6.45) is 14.7. The van der Waals surface area contributed by atoms with Crippen molar-refractivity contribution in [3.63, 3.8) is 0 Å². The quantitative estimate of drug-likeness (QED) is 0.246. The first-order chi connectivity index (χ1) is 17.4. The minimum absolute atomic E-state index is 0.106. The molecule has 3 heterocycles. The Hall–Kier alpha value is -2.70. The fourth-order valence-electron chi connectivity index (χ4n) is 5.36. The largest absolute Gasteiger partial charge is 0.365 e. The Bertz CT molecular complexity index is 1210. The summed E-state index contributed by atoms with van der Waals surface area (Å²) in [6, 6.07) is 6.21. The van der Waals surface area contributed by atoms with Crippen LogP contribution in [0.15, 0.2) is 24.8 Å². The van der Waals surface area contributed by atoms with E-state index in [0.717, 1.165) is 40.8 Å². The molecule has 5 rings (SSSR count). The molecule has 2 saturated carbocycles. The van der Waals surface area contributed by atoms with Gasteiger partial charge in [0, 0.05) is 38.5 Å². The van der Waals surface area contributed by atoms with E-state index in [-0.39, 0.29) is 6.04 Å². The first-order valence-corrected chi connectivity index (χ1v) is 17.2. The van der Waals surface area contributed by atoms with Gasteiger partial charge in [-0.3, -0.25) is 4.68 Å². The Labute approximate surface area is 215 Å². The fourth-order valence-corrected chi connectivity index (χ4v) is 6.12. The van der Waals surface area contributed by atoms with Crippen molar-refractivity contribution in [2.24, 2.45) is 5.92 Å². The van der Waals surface area contributed by atoms with E-state index in [1.54, 1.807) is 6.33 Å². The van der Waals surface area contributed by atoms with Crippen molar-refractivity contribution in [2.75, 3.05) is 11.9 Å². The summed E-state index contributed by atoms with van der Waals surface area (Å²) in [4.78, 5) is 9.33. The van der Waals surface area contributed by atoms with E-state index in [1.165, 1.54) is 44.9 Å². The molecule has 1 atom stereocenters. The lowest BCUT2D eigenvalue weighted by molar-refractivity contribution is 0.0899. The van der Waals surface area contributed by atoms with Crippen LogP contribution < -0.4 is 5.32 Å². The summed E-state index contributed by atoms with van der Waals surface area (Å²) in [6.45, 7) is 8.36. The number of anilines is 1. The van der Waals surface area contributed by atoms with Crippen LogP contribution in [0.3, 0.4) is 0 Å². The predicted octanol–water partition coefficient (Wildman–Crippen LogP) is 6.22. The monoisotopic (exact) mass is 505 g/mol. The van der Waals surface area contributed by atoms with Crippen LogP contribution in [0, 0.1) is 17.2 Å². The summed E-state index contributed by atoms with van der Waals surface area (Å²) in [5.41, 5.74) is 2.75. The zero-order valence-corrected chi connectivity index (χ0v) is 22.9. The minimum Gasteiger partial charge on any atom is -0.365 e. The number of aromatic nitrogens is 5. The molecule has 36 heavy (non-hydrogen) atoms. The molecule has 3 aromatic heterocycles. The van der Waals surface area contributed by atoms with Gasteiger partial charge < -0.3 is 14.6 Å². The maximum absolute atomic E-state index is 9.58. The van der Waals surface area contributed by atoms with E-state index < -0.39 is 8.07 Å². The number of hydrogen-bond acceptors (Lipinski definition) is 6. The zero-order chi connectivity index (χ0) is 25.1. The molecule has 0 aliphatic heterocycles. The van der Waals surface area contributed by atoms with E-state index in [9.17, 15) is 5.26 Å². The highest BCUT2D eigenvalue weighted by Gasteiger charge is 2.30. The van der Waals surface area contributed by atoms with Crippen molar-refractivity contribution in [2.45, 2.75) is 95.9 Å². The van der Waals surface area contributed by atoms with Gasteiger partial charge in [0.15, 0.2) is 5.82 Å². The van der Waals surface area contributed by atoms with Crippen LogP contribution >= 0.6 is 0 Å². The van der Waals surface area contributed by atoms with Gasteiger partial charge in [0.1, 0.15) is 18.7 Å². The number of nitrogens with zero attached hydrogens (tertiary/aromatic N) is 6. The third-order valence-electron chi connectivity index (χ3n) is 7.80. The maximum Gasteiger partial charge on any atom is 0.157 e. The topological polar surface area (TPSA) is 93.6 Å². The molecular formula is C27H39N7OSi. The molecule has 192 valence electrons. The molecule has 3 aromatic rings. The lowest BCUT2D eigenvalue weighted by atomic mass is 9.93. The van der Waals surface area contributed by atoms with Crippen LogP contribution in [0.2, 0.25) is 25.7 Å². The number of hydrogen-bond donors (Lipinski definition) is 1. The molecule has 0 radical (unpaired) electrons. The molecule has 0 aromatic carbocycles. The summed E-state index contributed by atoms with van der Waals surface area (Å²) < 4.78 is 10.1. The first-order valence-electron chi connectivity index (χ1n) is 13.5. The van der Waals surface area contributed by atoms with Gasteiger partial charge in [-0.05, 0) is 50.1 Å². The van der Waals surface area contributed by atoms with E-state index in [0.29, 0.717) is 25.1 Å². The van der Waals surface area contributed by atoms with Crippen LogP contribution in [-0.4, -0.2) is 45.0 Å². The molecule has 1 unspecified atom stereocenters. The van der Waals surface area contributed by atoms with Gasteiger partial charge in [0.2, 0.25) is 0 Å². The van der Waals surface area contributed by atoms with Crippen molar-refractivity contribution in [1.29, 1.82) is 5.26 Å². The second-order valence-corrected chi connectivity index (χ2v) is 17.3. The number of nitrogens with one attached hydrogen (secondary N) is 1. The molecule has 0 bridgehead atoms. The smallest absolute Gasteiger partial charge is 0.157 e. The lowest BCUT2D eigenvalue weighted by Gasteiger charge is -2.27. The third kappa shape index (κ3) is 5.50. The van der Waals surface area contributed by atoms with Crippen molar-refractivity contribution < 1.29 is 4.74 Å². The second-order valence-electron chi connectivity index (χ2n) is 11.7. The van der Waals surface area contributed by atoms with Crippen LogP contribution in [0.25, 0.3) is 22.3 Å². The van der Waals surface area contributed by atoms with Crippen LogP contribution in [0.4, 0.5) is 5.82 Å². The number of nitriles is 1. The number of ether oxygens (including phenoxy) is 1. The minimum atomic E-state index is -1.12. The van der Waals surface area contributed by atoms with E-state index in [2.05, 4.69) is 57.5 Å². The fraction of sp³-hybridized carbons (Fsp3) is 0.630. The van der Waals surface area contributed by atoms with Gasteiger partial charge in [0.25, 0.3) is 0 Å². The molecule has 2 fully saturated rings. The van der Waals surface area contributed by atoms with Gasteiger partial charge in [-0.25, -0.2) is 9.97 Å². The average molecular weight is 506 g/mol. The maximum atomic E-state index is 9.58. The Balaban J connectivity index is 1.46. The summed E-state index contributed by atoms with van der Waals surface area (Å²) in [5.74, 6) is 1.38. The normalized spacial score (nSPS) is 17.8. The van der Waals surface area contributed by atoms with Gasteiger partial charge in [0.05, 0.1) is 29.8 Å². The Morgan fingerprint density at radius 3 is 2.67 bits per heavy atom. The predicted molar refractivity (Wildman–Crippen MR) is 145 cm³/mol. The van der Waals surface area contributed by atoms with Gasteiger partial charge in [-0.2, -0.15) is 10.4 Å². The molecule has 9 heteroatoms. The van der Waals surface area contributed by atoms with E-state index >= 15 is 0 Å². The van der Waals surface area contributed by atoms with Crippen LogP contribution in [0.5, 0.6) is 0 Å². The standard InChI is InChI=1S/C27H39N7OSi/c1-36(2,3)16-15-35-19-33-14-12-22-25(29-18-30-27(22)33)23-17-34(32-26(23)31-21-9-6-10-21)24(11-13-28)20-7-4-5-8-20/h12,14,17-18,20-21,24H,4-11,15-16,19H2,1-3H3,(H,31,32). The highest BCUT2D eigenvalue weighted by molar-refractivity contribution is 6.76. The summed E-state index contributed by atoms with van der Waals surface area (Å²) >= 11 is 0. The third-order valence-corrected chi connectivity index (χ3v) is 9.50. The van der Waals surface area contributed by atoms with Crippen molar-refractivity contribution >= 4 is 24.9 Å². The van der Waals surface area contributed by atoms with Gasteiger partial charge >= 0.3 is 0 Å². The Morgan fingerprint density at radius 1 is 1.17 bits per heavy atom. The molecule has 8 nitrogen and oxygen atoms in total. The zero-order valence-electron chi connectivity index (χ0n) is 21.9. The van der Waals surface area contributed by atoms with Gasteiger partial charge in [-0.15, -0.1) is 0 Å². The molecule has 2 aliphatic rings.